The van der Waals surface area contributed by atoms with Crippen LogP contribution in [0.4, 0.5) is 5.69 Å². The molecule has 1 heterocycles. The van der Waals surface area contributed by atoms with Crippen molar-refractivity contribution < 1.29 is 13.9 Å². The molecule has 2 aromatic carbocycles. The number of aromatic nitrogens is 1. The second kappa shape index (κ2) is 8.10. The fraction of sp³-hybridized carbons (Fsp3) is 0.200. The number of rotatable bonds is 6. The number of nitrogens with zero attached hydrogens (tertiary/aromatic N) is 1. The number of hydrogen-bond acceptors (Lipinski definition) is 5. The van der Waals surface area contributed by atoms with E-state index in [1.54, 1.807) is 19.2 Å². The van der Waals surface area contributed by atoms with Crippen LogP contribution in [0, 0.1) is 13.8 Å². The SMILES string of the molecule is COc1ccc(NC(=O)C(Sc2nc(C)c(C)o2)c2ccccc2)cc1. The molecule has 26 heavy (non-hydrogen) atoms. The summed E-state index contributed by atoms with van der Waals surface area (Å²) in [6, 6.07) is 16.8. The van der Waals surface area contributed by atoms with E-state index in [0.717, 1.165) is 22.8 Å². The Bertz CT molecular complexity index is 856. The van der Waals surface area contributed by atoms with Crippen LogP contribution in [0.5, 0.6) is 5.75 Å². The lowest BCUT2D eigenvalue weighted by molar-refractivity contribution is -0.115. The van der Waals surface area contributed by atoms with Crippen LogP contribution in [0.1, 0.15) is 22.3 Å². The van der Waals surface area contributed by atoms with Crippen LogP contribution in [0.3, 0.4) is 0 Å². The summed E-state index contributed by atoms with van der Waals surface area (Å²) in [5, 5.41) is 2.96. The fourth-order valence-electron chi connectivity index (χ4n) is 2.38. The van der Waals surface area contributed by atoms with Crippen molar-refractivity contribution in [3.8, 4) is 5.75 Å². The van der Waals surface area contributed by atoms with Gasteiger partial charge in [-0.1, -0.05) is 30.3 Å². The van der Waals surface area contributed by atoms with Crippen LogP contribution in [-0.4, -0.2) is 18.0 Å². The van der Waals surface area contributed by atoms with Gasteiger partial charge in [-0.25, -0.2) is 4.98 Å². The summed E-state index contributed by atoms with van der Waals surface area (Å²) in [5.41, 5.74) is 2.42. The van der Waals surface area contributed by atoms with E-state index in [9.17, 15) is 4.79 Å². The number of hydrogen-bond donors (Lipinski definition) is 1. The maximum absolute atomic E-state index is 12.9. The first-order valence-corrected chi connectivity index (χ1v) is 9.05. The maximum atomic E-state index is 12.9. The third-order valence-electron chi connectivity index (χ3n) is 3.93. The molecule has 0 bridgehead atoms. The largest absolute Gasteiger partial charge is 0.497 e. The second-order valence-corrected chi connectivity index (χ2v) is 6.80. The summed E-state index contributed by atoms with van der Waals surface area (Å²) in [6.45, 7) is 3.75. The van der Waals surface area contributed by atoms with E-state index in [2.05, 4.69) is 10.3 Å². The molecule has 3 rings (SSSR count). The summed E-state index contributed by atoms with van der Waals surface area (Å²) in [5.74, 6) is 1.36. The van der Waals surface area contributed by atoms with Gasteiger partial charge in [-0.15, -0.1) is 0 Å². The molecule has 5 nitrogen and oxygen atoms in total. The minimum Gasteiger partial charge on any atom is -0.497 e. The highest BCUT2D eigenvalue weighted by Gasteiger charge is 2.25. The molecule has 0 aliphatic carbocycles. The highest BCUT2D eigenvalue weighted by Crippen LogP contribution is 2.36. The van der Waals surface area contributed by atoms with Gasteiger partial charge in [0.25, 0.3) is 5.22 Å². The molecular weight excluding hydrogens is 348 g/mol. The highest BCUT2D eigenvalue weighted by molar-refractivity contribution is 8.00. The standard InChI is InChI=1S/C20H20N2O3S/c1-13-14(2)25-20(21-13)26-18(15-7-5-4-6-8-15)19(23)22-16-9-11-17(24-3)12-10-16/h4-12,18H,1-3H3,(H,22,23). The number of ether oxygens (including phenoxy) is 1. The molecule has 134 valence electrons. The number of thioether (sulfide) groups is 1. The monoisotopic (exact) mass is 368 g/mol. The van der Waals surface area contributed by atoms with Gasteiger partial charge in [0.2, 0.25) is 5.91 Å². The van der Waals surface area contributed by atoms with Gasteiger partial charge in [0.1, 0.15) is 16.8 Å². The molecule has 3 aromatic rings. The summed E-state index contributed by atoms with van der Waals surface area (Å²) < 4.78 is 10.8. The van der Waals surface area contributed by atoms with E-state index in [0.29, 0.717) is 10.9 Å². The normalized spacial score (nSPS) is 11.8. The Hall–Kier alpha value is -2.73. The van der Waals surface area contributed by atoms with E-state index in [-0.39, 0.29) is 5.91 Å². The van der Waals surface area contributed by atoms with E-state index in [1.165, 1.54) is 11.8 Å². The first-order chi connectivity index (χ1) is 12.6. The lowest BCUT2D eigenvalue weighted by Crippen LogP contribution is -2.19. The average Bonchev–Trinajstić information content (AvgIpc) is 2.98. The summed E-state index contributed by atoms with van der Waals surface area (Å²) in [7, 11) is 1.61. The molecule has 0 fully saturated rings. The smallest absolute Gasteiger partial charge is 0.257 e. The Balaban J connectivity index is 1.83. The second-order valence-electron chi connectivity index (χ2n) is 5.75. The number of carbonyl (C=O) groups is 1. The van der Waals surface area contributed by atoms with Crippen molar-refractivity contribution in [2.24, 2.45) is 0 Å². The molecular formula is C20H20N2O3S. The lowest BCUT2D eigenvalue weighted by atomic mass is 10.1. The number of aryl methyl sites for hydroxylation is 2. The van der Waals surface area contributed by atoms with Gasteiger partial charge in [0.15, 0.2) is 0 Å². The molecule has 0 saturated carbocycles. The van der Waals surface area contributed by atoms with Crippen molar-refractivity contribution in [1.29, 1.82) is 0 Å². The van der Waals surface area contributed by atoms with Gasteiger partial charge in [-0.3, -0.25) is 4.79 Å². The summed E-state index contributed by atoms with van der Waals surface area (Å²) in [4.78, 5) is 17.3. The zero-order valence-corrected chi connectivity index (χ0v) is 15.7. The van der Waals surface area contributed by atoms with Crippen LogP contribution in [0.2, 0.25) is 0 Å². The molecule has 1 aromatic heterocycles. The van der Waals surface area contributed by atoms with E-state index in [1.807, 2.05) is 56.3 Å². The molecule has 1 N–H and O–H groups in total. The minimum absolute atomic E-state index is 0.139. The van der Waals surface area contributed by atoms with Crippen LogP contribution in [0.25, 0.3) is 0 Å². The number of anilines is 1. The first-order valence-electron chi connectivity index (χ1n) is 8.17. The van der Waals surface area contributed by atoms with Gasteiger partial charge in [-0.2, -0.15) is 0 Å². The number of nitrogens with one attached hydrogen (secondary N) is 1. The minimum atomic E-state index is -0.476. The van der Waals surface area contributed by atoms with Crippen LogP contribution >= 0.6 is 11.8 Å². The first kappa shape index (κ1) is 18.1. The molecule has 0 saturated heterocycles. The number of oxazole rings is 1. The Morgan fingerprint density at radius 3 is 2.38 bits per heavy atom. The van der Waals surface area contributed by atoms with E-state index >= 15 is 0 Å². The predicted molar refractivity (Wildman–Crippen MR) is 103 cm³/mol. The molecule has 1 amide bonds. The average molecular weight is 368 g/mol. The van der Waals surface area contributed by atoms with Crippen molar-refractivity contribution in [3.63, 3.8) is 0 Å². The Labute approximate surface area is 156 Å². The summed E-state index contributed by atoms with van der Waals surface area (Å²) in [6.07, 6.45) is 0. The highest BCUT2D eigenvalue weighted by atomic mass is 32.2. The van der Waals surface area contributed by atoms with Gasteiger partial charge in [0.05, 0.1) is 12.8 Å². The van der Waals surface area contributed by atoms with Gasteiger partial charge >= 0.3 is 0 Å². The Kier molecular flexibility index (Phi) is 5.63. The zero-order chi connectivity index (χ0) is 18.5. The van der Waals surface area contributed by atoms with Crippen molar-refractivity contribution in [2.45, 2.75) is 24.3 Å². The van der Waals surface area contributed by atoms with Crippen LogP contribution < -0.4 is 10.1 Å². The predicted octanol–water partition coefficient (Wildman–Crippen LogP) is 4.77. The zero-order valence-electron chi connectivity index (χ0n) is 14.9. The van der Waals surface area contributed by atoms with Crippen molar-refractivity contribution >= 4 is 23.4 Å². The molecule has 0 spiro atoms. The Morgan fingerprint density at radius 1 is 1.12 bits per heavy atom. The number of carbonyl (C=O) groups excluding carboxylic acids is 1. The Morgan fingerprint density at radius 2 is 1.81 bits per heavy atom. The number of amides is 1. The molecule has 1 atom stereocenters. The van der Waals surface area contributed by atoms with Crippen LogP contribution in [-0.2, 0) is 4.79 Å². The lowest BCUT2D eigenvalue weighted by Gasteiger charge is -2.15. The quantitative estimate of drug-likeness (QED) is 0.635. The third-order valence-corrected chi connectivity index (χ3v) is 5.02. The molecule has 0 aliphatic heterocycles. The number of methoxy groups -OCH3 is 1. The topological polar surface area (TPSA) is 64.4 Å². The van der Waals surface area contributed by atoms with E-state index < -0.39 is 5.25 Å². The molecule has 0 aliphatic rings. The molecule has 6 heteroatoms. The van der Waals surface area contributed by atoms with Crippen molar-refractivity contribution in [1.82, 2.24) is 4.98 Å². The molecule has 0 radical (unpaired) electrons. The molecule has 1 unspecified atom stereocenters. The summed E-state index contributed by atoms with van der Waals surface area (Å²) >= 11 is 1.30. The third kappa shape index (κ3) is 4.26. The maximum Gasteiger partial charge on any atom is 0.257 e. The number of benzene rings is 2. The van der Waals surface area contributed by atoms with Crippen molar-refractivity contribution in [3.05, 3.63) is 71.6 Å². The fourth-order valence-corrected chi connectivity index (χ4v) is 3.40. The van der Waals surface area contributed by atoms with Gasteiger partial charge in [0, 0.05) is 5.69 Å². The van der Waals surface area contributed by atoms with E-state index in [4.69, 9.17) is 9.15 Å². The van der Waals surface area contributed by atoms with Gasteiger partial charge in [-0.05, 0) is 55.4 Å². The van der Waals surface area contributed by atoms with Crippen LogP contribution in [0.15, 0.2) is 64.2 Å². The van der Waals surface area contributed by atoms with Gasteiger partial charge < -0.3 is 14.5 Å². The van der Waals surface area contributed by atoms with Crippen molar-refractivity contribution in [2.75, 3.05) is 12.4 Å².